The van der Waals surface area contributed by atoms with Crippen LogP contribution in [0.25, 0.3) is 0 Å². The van der Waals surface area contributed by atoms with E-state index in [9.17, 15) is 4.39 Å². The summed E-state index contributed by atoms with van der Waals surface area (Å²) in [5, 5.41) is 10.7. The Bertz CT molecular complexity index is 760. The molecular formula is C20H27FN4O. The van der Waals surface area contributed by atoms with E-state index >= 15 is 0 Å². The minimum atomic E-state index is -0.171. The van der Waals surface area contributed by atoms with Crippen molar-refractivity contribution < 1.29 is 8.91 Å². The Kier molecular flexibility index (Phi) is 5.59. The minimum absolute atomic E-state index is 0.0381. The number of hydrogen-bond donors (Lipinski definition) is 2. The molecule has 1 aromatic heterocycles. The molecule has 0 saturated heterocycles. The lowest BCUT2D eigenvalue weighted by Crippen LogP contribution is -2.41. The molecule has 1 heterocycles. The van der Waals surface area contributed by atoms with Crippen molar-refractivity contribution in [2.75, 3.05) is 20.1 Å². The summed E-state index contributed by atoms with van der Waals surface area (Å²) in [6, 6.07) is 6.94. The van der Waals surface area contributed by atoms with Crippen LogP contribution in [0.4, 0.5) is 4.39 Å². The van der Waals surface area contributed by atoms with Gasteiger partial charge in [0.05, 0.1) is 5.69 Å². The van der Waals surface area contributed by atoms with Gasteiger partial charge in [0.15, 0.2) is 5.96 Å². The highest BCUT2D eigenvalue weighted by Gasteiger charge is 2.44. The van der Waals surface area contributed by atoms with E-state index in [1.807, 2.05) is 19.9 Å². The number of aromatic nitrogens is 1. The molecule has 5 nitrogen and oxygen atoms in total. The fourth-order valence-electron chi connectivity index (χ4n) is 3.34. The highest BCUT2D eigenvalue weighted by molar-refractivity contribution is 5.79. The molecule has 26 heavy (non-hydrogen) atoms. The smallest absolute Gasteiger partial charge is 0.191 e. The molecule has 0 radical (unpaired) electrons. The largest absolute Gasteiger partial charge is 0.361 e. The Hall–Kier alpha value is -2.37. The summed E-state index contributed by atoms with van der Waals surface area (Å²) in [4.78, 5) is 4.29. The molecule has 140 valence electrons. The van der Waals surface area contributed by atoms with Crippen LogP contribution < -0.4 is 10.6 Å². The number of guanidine groups is 1. The van der Waals surface area contributed by atoms with Crippen molar-refractivity contribution in [2.45, 2.75) is 44.9 Å². The zero-order chi connectivity index (χ0) is 18.6. The van der Waals surface area contributed by atoms with Crippen molar-refractivity contribution in [3.63, 3.8) is 0 Å². The number of aryl methyl sites for hydroxylation is 2. The van der Waals surface area contributed by atoms with Gasteiger partial charge >= 0.3 is 0 Å². The van der Waals surface area contributed by atoms with Crippen molar-refractivity contribution in [1.29, 1.82) is 0 Å². The van der Waals surface area contributed by atoms with Crippen LogP contribution in [0.2, 0.25) is 0 Å². The Balaban J connectivity index is 1.45. The number of rotatable bonds is 7. The lowest BCUT2D eigenvalue weighted by atomic mass is 9.96. The summed E-state index contributed by atoms with van der Waals surface area (Å²) in [7, 11) is 1.77. The van der Waals surface area contributed by atoms with Crippen molar-refractivity contribution in [2.24, 2.45) is 4.99 Å². The second-order valence-electron chi connectivity index (χ2n) is 7.05. The standard InChI is InChI=1S/C20H27FN4O/c1-14-18(15(2)26-25-14)8-5-11-23-19(22-3)24-13-20(9-10-20)16-6-4-7-17(21)12-16/h4,6-7,12H,5,8-11,13H2,1-3H3,(H2,22,23,24). The molecule has 0 bridgehead atoms. The maximum atomic E-state index is 13.5. The van der Waals surface area contributed by atoms with Crippen molar-refractivity contribution in [3.05, 3.63) is 52.7 Å². The number of halogens is 1. The third-order valence-electron chi connectivity index (χ3n) is 5.19. The molecule has 0 aliphatic heterocycles. The van der Waals surface area contributed by atoms with Gasteiger partial charge in [0.2, 0.25) is 0 Å². The van der Waals surface area contributed by atoms with Crippen LogP contribution in [-0.2, 0) is 11.8 Å². The number of nitrogens with zero attached hydrogens (tertiary/aromatic N) is 2. The SMILES string of the molecule is CN=C(NCCCc1c(C)noc1C)NCC1(c2cccc(F)c2)CC1. The molecule has 0 atom stereocenters. The van der Waals surface area contributed by atoms with Crippen molar-refractivity contribution >= 4 is 5.96 Å². The zero-order valence-corrected chi connectivity index (χ0v) is 15.7. The van der Waals surface area contributed by atoms with Gasteiger partial charge in [-0.3, -0.25) is 4.99 Å². The summed E-state index contributed by atoms with van der Waals surface area (Å²) in [5.41, 5.74) is 3.27. The van der Waals surface area contributed by atoms with Gasteiger partial charge in [-0.25, -0.2) is 4.39 Å². The van der Waals surface area contributed by atoms with Crippen LogP contribution in [0.15, 0.2) is 33.8 Å². The average molecular weight is 358 g/mol. The van der Waals surface area contributed by atoms with Gasteiger partial charge in [0.25, 0.3) is 0 Å². The van der Waals surface area contributed by atoms with Crippen molar-refractivity contribution in [3.8, 4) is 0 Å². The average Bonchev–Trinajstić information content (AvgIpc) is 3.36. The summed E-state index contributed by atoms with van der Waals surface area (Å²) < 4.78 is 18.7. The molecule has 1 saturated carbocycles. The third kappa shape index (κ3) is 4.23. The Morgan fingerprint density at radius 2 is 2.12 bits per heavy atom. The minimum Gasteiger partial charge on any atom is -0.361 e. The van der Waals surface area contributed by atoms with Crippen LogP contribution in [0.5, 0.6) is 0 Å². The van der Waals surface area contributed by atoms with Crippen LogP contribution in [0, 0.1) is 19.7 Å². The number of hydrogen-bond acceptors (Lipinski definition) is 3. The van der Waals surface area contributed by atoms with Crippen molar-refractivity contribution in [1.82, 2.24) is 15.8 Å². The van der Waals surface area contributed by atoms with E-state index in [2.05, 4.69) is 20.8 Å². The van der Waals surface area contributed by atoms with E-state index in [0.717, 1.165) is 61.7 Å². The molecule has 3 rings (SSSR count). The van der Waals surface area contributed by atoms with E-state index in [1.165, 1.54) is 11.6 Å². The predicted molar refractivity (Wildman–Crippen MR) is 101 cm³/mol. The first-order valence-electron chi connectivity index (χ1n) is 9.16. The van der Waals surface area contributed by atoms with Crippen LogP contribution >= 0.6 is 0 Å². The molecule has 1 aromatic carbocycles. The van der Waals surface area contributed by atoms with E-state index in [-0.39, 0.29) is 11.2 Å². The monoisotopic (exact) mass is 358 g/mol. The van der Waals surface area contributed by atoms with Gasteiger partial charge in [-0.1, -0.05) is 17.3 Å². The number of aliphatic imine (C=N–C) groups is 1. The fraction of sp³-hybridized carbons (Fsp3) is 0.500. The normalized spacial score (nSPS) is 15.8. The predicted octanol–water partition coefficient (Wildman–Crippen LogP) is 3.26. The first kappa shape index (κ1) is 18.4. The summed E-state index contributed by atoms with van der Waals surface area (Å²) in [6.07, 6.45) is 4.05. The molecule has 2 N–H and O–H groups in total. The topological polar surface area (TPSA) is 62.5 Å². The second-order valence-corrected chi connectivity index (χ2v) is 7.05. The van der Waals surface area contributed by atoms with Gasteiger partial charge in [-0.15, -0.1) is 0 Å². The summed E-state index contributed by atoms with van der Waals surface area (Å²) >= 11 is 0. The molecule has 2 aromatic rings. The van der Waals surface area contributed by atoms with E-state index in [4.69, 9.17) is 4.52 Å². The zero-order valence-electron chi connectivity index (χ0n) is 15.7. The highest BCUT2D eigenvalue weighted by atomic mass is 19.1. The highest BCUT2D eigenvalue weighted by Crippen LogP contribution is 2.47. The molecule has 0 unspecified atom stereocenters. The van der Waals surface area contributed by atoms with Gasteiger partial charge in [0, 0.05) is 31.1 Å². The van der Waals surface area contributed by atoms with Gasteiger partial charge < -0.3 is 15.2 Å². The first-order chi connectivity index (χ1) is 12.5. The van der Waals surface area contributed by atoms with Gasteiger partial charge in [-0.2, -0.15) is 0 Å². The Morgan fingerprint density at radius 3 is 2.73 bits per heavy atom. The molecule has 6 heteroatoms. The summed E-state index contributed by atoms with van der Waals surface area (Å²) in [6.45, 7) is 5.50. The maximum Gasteiger partial charge on any atom is 0.191 e. The van der Waals surface area contributed by atoms with E-state index < -0.39 is 0 Å². The lowest BCUT2D eigenvalue weighted by Gasteiger charge is -2.19. The molecule has 1 fully saturated rings. The molecule has 1 aliphatic carbocycles. The molecule has 0 spiro atoms. The molecular weight excluding hydrogens is 331 g/mol. The van der Waals surface area contributed by atoms with E-state index in [1.54, 1.807) is 19.2 Å². The van der Waals surface area contributed by atoms with Crippen LogP contribution in [0.3, 0.4) is 0 Å². The first-order valence-corrected chi connectivity index (χ1v) is 9.16. The fourth-order valence-corrected chi connectivity index (χ4v) is 3.34. The maximum absolute atomic E-state index is 13.5. The Morgan fingerprint density at radius 1 is 1.31 bits per heavy atom. The Labute approximate surface area is 154 Å². The molecule has 0 amide bonds. The van der Waals surface area contributed by atoms with Crippen LogP contribution in [-0.4, -0.2) is 31.3 Å². The number of nitrogens with one attached hydrogen (secondary N) is 2. The number of benzene rings is 1. The van der Waals surface area contributed by atoms with Gasteiger partial charge in [-0.05, 0) is 57.2 Å². The quantitative estimate of drug-likeness (QED) is 0.453. The van der Waals surface area contributed by atoms with E-state index in [0.29, 0.717) is 0 Å². The second kappa shape index (κ2) is 7.89. The third-order valence-corrected chi connectivity index (χ3v) is 5.19. The van der Waals surface area contributed by atoms with Gasteiger partial charge in [0.1, 0.15) is 11.6 Å². The van der Waals surface area contributed by atoms with Crippen LogP contribution in [0.1, 0.15) is 41.8 Å². The summed E-state index contributed by atoms with van der Waals surface area (Å²) in [5.74, 6) is 1.51. The molecule has 1 aliphatic rings. The lowest BCUT2D eigenvalue weighted by molar-refractivity contribution is 0.392.